The Hall–Kier alpha value is -4.17. The second kappa shape index (κ2) is 12.8. The van der Waals surface area contributed by atoms with Gasteiger partial charge in [-0.05, 0) is 58.9 Å². The number of nitrogens with zero attached hydrogens (tertiary/aromatic N) is 2. The van der Waals surface area contributed by atoms with Crippen LogP contribution in [0.15, 0.2) is 72.8 Å². The predicted octanol–water partition coefficient (Wildman–Crippen LogP) is 4.90. The van der Waals surface area contributed by atoms with E-state index in [0.717, 1.165) is 22.3 Å². The van der Waals surface area contributed by atoms with Crippen molar-refractivity contribution < 1.29 is 23.9 Å². The minimum atomic E-state index is -0.770. The second-order valence-corrected chi connectivity index (χ2v) is 11.9. The summed E-state index contributed by atoms with van der Waals surface area (Å²) < 4.78 is 10.3. The standard InChI is InChI=1S/C34H41N3O5/c1-22(25-12-9-13-28(18-25)41-5)36(20-23-14-16-24(17-15-23)33(40)42-6)31(38)29-19-26-10-7-8-11-27(26)21-37(29)32(39)30(35)34(2,3)4/h7-18,22,29-30H,19-21,35H2,1-6H3/t22-,29+,30-/m1/s1. The highest BCUT2D eigenvalue weighted by molar-refractivity contribution is 5.91. The molecule has 2 amide bonds. The van der Waals surface area contributed by atoms with Gasteiger partial charge >= 0.3 is 5.97 Å². The summed E-state index contributed by atoms with van der Waals surface area (Å²) in [4.78, 5) is 44.0. The molecule has 42 heavy (non-hydrogen) atoms. The average Bonchev–Trinajstić information content (AvgIpc) is 3.01. The first-order valence-corrected chi connectivity index (χ1v) is 14.2. The SMILES string of the molecule is COC(=O)c1ccc(CN(C(=O)[C@@H]2Cc3ccccc3CN2C(=O)[C@@H](N)C(C)(C)C)[C@H](C)c2cccc(OC)c2)cc1. The number of methoxy groups -OCH3 is 2. The van der Waals surface area contributed by atoms with Gasteiger partial charge in [0.2, 0.25) is 11.8 Å². The van der Waals surface area contributed by atoms with Gasteiger partial charge in [0.25, 0.3) is 0 Å². The summed E-state index contributed by atoms with van der Waals surface area (Å²) in [7, 11) is 2.95. The van der Waals surface area contributed by atoms with Crippen LogP contribution in [0, 0.1) is 5.41 Å². The molecule has 0 unspecified atom stereocenters. The molecule has 0 bridgehead atoms. The van der Waals surface area contributed by atoms with Crippen molar-refractivity contribution in [2.24, 2.45) is 11.1 Å². The van der Waals surface area contributed by atoms with Crippen LogP contribution in [0.1, 0.15) is 66.3 Å². The fourth-order valence-corrected chi connectivity index (χ4v) is 5.26. The maximum absolute atomic E-state index is 14.7. The van der Waals surface area contributed by atoms with Gasteiger partial charge in [0, 0.05) is 19.5 Å². The van der Waals surface area contributed by atoms with Crippen molar-refractivity contribution in [2.75, 3.05) is 14.2 Å². The van der Waals surface area contributed by atoms with Crippen LogP contribution in [0.3, 0.4) is 0 Å². The van der Waals surface area contributed by atoms with Gasteiger partial charge in [0.05, 0.1) is 31.9 Å². The number of esters is 1. The minimum Gasteiger partial charge on any atom is -0.497 e. The van der Waals surface area contributed by atoms with E-state index in [4.69, 9.17) is 15.2 Å². The van der Waals surface area contributed by atoms with Crippen molar-refractivity contribution in [3.05, 3.63) is 101 Å². The van der Waals surface area contributed by atoms with Crippen LogP contribution in [-0.2, 0) is 33.8 Å². The van der Waals surface area contributed by atoms with Gasteiger partial charge in [-0.15, -0.1) is 0 Å². The van der Waals surface area contributed by atoms with Crippen LogP contribution in [0.4, 0.5) is 0 Å². The highest BCUT2D eigenvalue weighted by Gasteiger charge is 2.42. The summed E-state index contributed by atoms with van der Waals surface area (Å²) in [5.74, 6) is -0.156. The monoisotopic (exact) mass is 571 g/mol. The third kappa shape index (κ3) is 6.65. The molecule has 0 fully saturated rings. The van der Waals surface area contributed by atoms with Crippen molar-refractivity contribution in [3.8, 4) is 5.75 Å². The zero-order valence-electron chi connectivity index (χ0n) is 25.3. The van der Waals surface area contributed by atoms with Crippen LogP contribution in [0.2, 0.25) is 0 Å². The van der Waals surface area contributed by atoms with Crippen LogP contribution in [-0.4, -0.2) is 53.9 Å². The molecule has 1 aliphatic heterocycles. The van der Waals surface area contributed by atoms with Crippen LogP contribution >= 0.6 is 0 Å². The number of hydrogen-bond acceptors (Lipinski definition) is 6. The lowest BCUT2D eigenvalue weighted by Gasteiger charge is -2.42. The number of carbonyl (C=O) groups is 3. The highest BCUT2D eigenvalue weighted by atomic mass is 16.5. The van der Waals surface area contributed by atoms with Gasteiger partial charge in [-0.3, -0.25) is 9.59 Å². The Morgan fingerprint density at radius 2 is 1.64 bits per heavy atom. The number of ether oxygens (including phenoxy) is 2. The molecule has 0 aliphatic carbocycles. The molecule has 0 saturated heterocycles. The lowest BCUT2D eigenvalue weighted by molar-refractivity contribution is -0.151. The Labute approximate surface area is 248 Å². The Balaban J connectivity index is 1.75. The fraction of sp³-hybridized carbons (Fsp3) is 0.382. The van der Waals surface area contributed by atoms with E-state index < -0.39 is 23.5 Å². The van der Waals surface area contributed by atoms with E-state index in [0.29, 0.717) is 24.3 Å². The quantitative estimate of drug-likeness (QED) is 0.386. The topological polar surface area (TPSA) is 102 Å². The van der Waals surface area contributed by atoms with E-state index in [1.807, 2.05) is 88.4 Å². The normalized spacial score (nSPS) is 16.2. The second-order valence-electron chi connectivity index (χ2n) is 11.9. The molecule has 222 valence electrons. The molecule has 3 aromatic carbocycles. The highest BCUT2D eigenvalue weighted by Crippen LogP contribution is 2.32. The number of amides is 2. The summed E-state index contributed by atoms with van der Waals surface area (Å²) >= 11 is 0. The van der Waals surface area contributed by atoms with Crippen molar-refractivity contribution in [1.82, 2.24) is 9.80 Å². The van der Waals surface area contributed by atoms with Gasteiger partial charge in [-0.25, -0.2) is 4.79 Å². The number of carbonyl (C=O) groups excluding carboxylic acids is 3. The molecular formula is C34H41N3O5. The van der Waals surface area contributed by atoms with Gasteiger partial charge in [-0.1, -0.05) is 69.3 Å². The molecule has 8 heteroatoms. The van der Waals surface area contributed by atoms with E-state index in [1.54, 1.807) is 29.0 Å². The molecule has 0 saturated carbocycles. The molecule has 0 radical (unpaired) electrons. The molecule has 1 heterocycles. The zero-order chi connectivity index (χ0) is 30.6. The molecule has 0 spiro atoms. The molecule has 3 atom stereocenters. The largest absolute Gasteiger partial charge is 0.497 e. The number of benzene rings is 3. The summed E-state index contributed by atoms with van der Waals surface area (Å²) in [6, 6.07) is 20.7. The Morgan fingerprint density at radius 1 is 0.976 bits per heavy atom. The van der Waals surface area contributed by atoms with Crippen molar-refractivity contribution in [3.63, 3.8) is 0 Å². The maximum atomic E-state index is 14.7. The number of fused-ring (bicyclic) bond motifs is 1. The Bertz CT molecular complexity index is 1430. The van der Waals surface area contributed by atoms with Gasteiger partial charge in [0.15, 0.2) is 0 Å². The number of nitrogens with two attached hydrogens (primary N) is 1. The molecule has 4 rings (SSSR count). The van der Waals surface area contributed by atoms with E-state index >= 15 is 0 Å². The van der Waals surface area contributed by atoms with Crippen LogP contribution in [0.5, 0.6) is 5.75 Å². The first kappa shape index (κ1) is 30.8. The van der Waals surface area contributed by atoms with Crippen molar-refractivity contribution in [2.45, 2.75) is 65.3 Å². The molecule has 0 aromatic heterocycles. The smallest absolute Gasteiger partial charge is 0.337 e. The minimum absolute atomic E-state index is 0.175. The first-order chi connectivity index (χ1) is 19.9. The predicted molar refractivity (Wildman–Crippen MR) is 162 cm³/mol. The molecular weight excluding hydrogens is 530 g/mol. The van der Waals surface area contributed by atoms with Crippen LogP contribution in [0.25, 0.3) is 0 Å². The first-order valence-electron chi connectivity index (χ1n) is 14.2. The molecule has 1 aliphatic rings. The van der Waals surface area contributed by atoms with Crippen molar-refractivity contribution >= 4 is 17.8 Å². The molecule has 3 aromatic rings. The lowest BCUT2D eigenvalue weighted by Crippen LogP contribution is -2.59. The third-order valence-corrected chi connectivity index (χ3v) is 8.07. The van der Waals surface area contributed by atoms with E-state index in [-0.39, 0.29) is 24.4 Å². The van der Waals surface area contributed by atoms with Gasteiger partial charge < -0.3 is 25.0 Å². The Morgan fingerprint density at radius 3 is 2.26 bits per heavy atom. The molecule has 2 N–H and O–H groups in total. The van der Waals surface area contributed by atoms with E-state index in [1.165, 1.54) is 7.11 Å². The Kier molecular flexibility index (Phi) is 9.36. The van der Waals surface area contributed by atoms with Crippen molar-refractivity contribution in [1.29, 1.82) is 0 Å². The molecule has 8 nitrogen and oxygen atoms in total. The van der Waals surface area contributed by atoms with Crippen LogP contribution < -0.4 is 10.5 Å². The zero-order valence-corrected chi connectivity index (χ0v) is 25.3. The lowest BCUT2D eigenvalue weighted by atomic mass is 9.85. The summed E-state index contributed by atoms with van der Waals surface area (Å²) in [6.07, 6.45) is 0.389. The fourth-order valence-electron chi connectivity index (χ4n) is 5.26. The van der Waals surface area contributed by atoms with E-state index in [2.05, 4.69) is 0 Å². The number of rotatable bonds is 8. The van der Waals surface area contributed by atoms with Gasteiger partial charge in [0.1, 0.15) is 11.8 Å². The summed E-state index contributed by atoms with van der Waals surface area (Å²) in [6.45, 7) is 8.34. The average molecular weight is 572 g/mol. The van der Waals surface area contributed by atoms with Gasteiger partial charge in [-0.2, -0.15) is 0 Å². The number of hydrogen-bond donors (Lipinski definition) is 1. The maximum Gasteiger partial charge on any atom is 0.337 e. The summed E-state index contributed by atoms with van der Waals surface area (Å²) in [5, 5.41) is 0. The van der Waals surface area contributed by atoms with E-state index in [9.17, 15) is 14.4 Å². The summed E-state index contributed by atoms with van der Waals surface area (Å²) in [5.41, 5.74) is 10.2. The third-order valence-electron chi connectivity index (χ3n) is 8.07.